The maximum Gasteiger partial charge on any atom is 0.255 e. The van der Waals surface area contributed by atoms with Gasteiger partial charge in [-0.05, 0) is 32.3 Å². The van der Waals surface area contributed by atoms with Crippen LogP contribution in [0.4, 0.5) is 0 Å². The van der Waals surface area contributed by atoms with E-state index in [1.165, 1.54) is 0 Å². The number of nitrogens with zero attached hydrogens (tertiary/aromatic N) is 3. The Kier molecular flexibility index (Phi) is 4.97. The maximum atomic E-state index is 12.8. The number of ether oxygens (including phenoxy) is 1. The number of aromatic nitrogens is 1. The van der Waals surface area contributed by atoms with Gasteiger partial charge in [0.2, 0.25) is 11.8 Å². The van der Waals surface area contributed by atoms with E-state index in [1.807, 2.05) is 18.9 Å². The van der Waals surface area contributed by atoms with Gasteiger partial charge in [0.25, 0.3) is 5.91 Å². The summed E-state index contributed by atoms with van der Waals surface area (Å²) in [6, 6.07) is 3.72. The molecule has 1 aromatic heterocycles. The lowest BCUT2D eigenvalue weighted by Gasteiger charge is -2.47. The minimum Gasteiger partial charge on any atom is -0.481 e. The minimum absolute atomic E-state index is 0.0323. The number of hydrogen-bond donors (Lipinski definition) is 0. The van der Waals surface area contributed by atoms with Gasteiger partial charge in [-0.3, -0.25) is 9.59 Å². The van der Waals surface area contributed by atoms with Crippen LogP contribution in [0.3, 0.4) is 0 Å². The first-order valence-corrected chi connectivity index (χ1v) is 9.06. The lowest BCUT2D eigenvalue weighted by molar-refractivity contribution is -0.141. The SMILES string of the molecule is CCN1C(=O)CC[C@]2(CN(C)C(=O)c3ccc(OC)nc3)CCC[C@@H]12. The number of rotatable bonds is 5. The molecule has 0 spiro atoms. The highest BCUT2D eigenvalue weighted by molar-refractivity contribution is 5.93. The van der Waals surface area contributed by atoms with Crippen LogP contribution in [0.15, 0.2) is 18.3 Å². The molecule has 1 aliphatic carbocycles. The smallest absolute Gasteiger partial charge is 0.255 e. The van der Waals surface area contributed by atoms with Crippen molar-refractivity contribution in [2.24, 2.45) is 5.41 Å². The molecule has 1 aliphatic heterocycles. The monoisotopic (exact) mass is 345 g/mol. The van der Waals surface area contributed by atoms with Crippen molar-refractivity contribution < 1.29 is 14.3 Å². The van der Waals surface area contributed by atoms with Gasteiger partial charge in [-0.15, -0.1) is 0 Å². The lowest BCUT2D eigenvalue weighted by atomic mass is 9.74. The zero-order chi connectivity index (χ0) is 18.0. The number of piperidine rings is 1. The number of amides is 2. The number of carbonyl (C=O) groups is 2. The molecule has 2 heterocycles. The van der Waals surface area contributed by atoms with Crippen LogP contribution in [0.5, 0.6) is 5.88 Å². The molecule has 0 aromatic carbocycles. The number of hydrogen-bond acceptors (Lipinski definition) is 4. The molecule has 2 amide bonds. The quantitative estimate of drug-likeness (QED) is 0.822. The van der Waals surface area contributed by atoms with E-state index in [9.17, 15) is 9.59 Å². The Balaban J connectivity index is 1.75. The number of methoxy groups -OCH3 is 1. The molecule has 0 N–H and O–H groups in total. The van der Waals surface area contributed by atoms with Crippen molar-refractivity contribution in [1.29, 1.82) is 0 Å². The van der Waals surface area contributed by atoms with E-state index in [0.29, 0.717) is 24.4 Å². The summed E-state index contributed by atoms with van der Waals surface area (Å²) in [5, 5.41) is 0. The van der Waals surface area contributed by atoms with E-state index in [1.54, 1.807) is 30.3 Å². The largest absolute Gasteiger partial charge is 0.481 e. The predicted molar refractivity (Wildman–Crippen MR) is 94.4 cm³/mol. The molecule has 1 saturated heterocycles. The molecule has 136 valence electrons. The van der Waals surface area contributed by atoms with Crippen LogP contribution in [-0.2, 0) is 4.79 Å². The number of fused-ring (bicyclic) bond motifs is 1. The van der Waals surface area contributed by atoms with Crippen molar-refractivity contribution in [3.8, 4) is 5.88 Å². The topological polar surface area (TPSA) is 62.7 Å². The molecule has 0 unspecified atom stereocenters. The summed E-state index contributed by atoms with van der Waals surface area (Å²) in [5.74, 6) is 0.728. The summed E-state index contributed by atoms with van der Waals surface area (Å²) in [7, 11) is 3.41. The highest BCUT2D eigenvalue weighted by Gasteiger charge is 2.50. The zero-order valence-electron chi connectivity index (χ0n) is 15.3. The summed E-state index contributed by atoms with van der Waals surface area (Å²) in [4.78, 5) is 33.0. The van der Waals surface area contributed by atoms with Crippen molar-refractivity contribution in [3.05, 3.63) is 23.9 Å². The molecule has 2 atom stereocenters. The van der Waals surface area contributed by atoms with E-state index < -0.39 is 0 Å². The van der Waals surface area contributed by atoms with E-state index in [2.05, 4.69) is 4.98 Å². The van der Waals surface area contributed by atoms with Gasteiger partial charge in [0.1, 0.15) is 0 Å². The van der Waals surface area contributed by atoms with Crippen LogP contribution in [0.1, 0.15) is 49.4 Å². The van der Waals surface area contributed by atoms with Crippen LogP contribution in [-0.4, -0.2) is 59.9 Å². The van der Waals surface area contributed by atoms with Gasteiger partial charge in [0, 0.05) is 50.3 Å². The number of carbonyl (C=O) groups excluding carboxylic acids is 2. The molecular formula is C19H27N3O3. The van der Waals surface area contributed by atoms with Gasteiger partial charge in [-0.2, -0.15) is 0 Å². The Bertz CT molecular complexity index is 646. The molecular weight excluding hydrogens is 318 g/mol. The standard InChI is InChI=1S/C19H27N3O3/c1-4-22-15-6-5-10-19(15,11-9-17(22)23)13-21(2)18(24)14-7-8-16(25-3)20-12-14/h7-8,12,15H,4-6,9-11,13H2,1-3H3/t15-,19+/m1/s1. The van der Waals surface area contributed by atoms with E-state index in [4.69, 9.17) is 4.74 Å². The number of likely N-dealkylation sites (tertiary alicyclic amines) is 1. The molecule has 3 rings (SSSR count). The van der Waals surface area contributed by atoms with Gasteiger partial charge in [-0.1, -0.05) is 6.42 Å². The van der Waals surface area contributed by atoms with Crippen molar-refractivity contribution >= 4 is 11.8 Å². The maximum absolute atomic E-state index is 12.8. The molecule has 6 heteroatoms. The van der Waals surface area contributed by atoms with E-state index >= 15 is 0 Å². The summed E-state index contributed by atoms with van der Waals surface area (Å²) >= 11 is 0. The van der Waals surface area contributed by atoms with Gasteiger partial charge in [-0.25, -0.2) is 4.98 Å². The van der Waals surface area contributed by atoms with E-state index in [0.717, 1.165) is 32.2 Å². The van der Waals surface area contributed by atoms with Crippen molar-refractivity contribution in [3.63, 3.8) is 0 Å². The summed E-state index contributed by atoms with van der Waals surface area (Å²) in [6.07, 6.45) is 6.29. The first kappa shape index (κ1) is 17.7. The third kappa shape index (κ3) is 3.22. The molecule has 1 aromatic rings. The van der Waals surface area contributed by atoms with Crippen LogP contribution >= 0.6 is 0 Å². The van der Waals surface area contributed by atoms with Gasteiger partial charge < -0.3 is 14.5 Å². The van der Waals surface area contributed by atoms with Crippen LogP contribution in [0.25, 0.3) is 0 Å². The van der Waals surface area contributed by atoms with E-state index in [-0.39, 0.29) is 23.3 Å². The molecule has 25 heavy (non-hydrogen) atoms. The second kappa shape index (κ2) is 7.02. The first-order chi connectivity index (χ1) is 12.0. The third-order valence-electron chi connectivity index (χ3n) is 5.82. The highest BCUT2D eigenvalue weighted by Crippen LogP contribution is 2.48. The average molecular weight is 345 g/mol. The molecule has 0 bridgehead atoms. The molecule has 2 aliphatic rings. The molecule has 1 saturated carbocycles. The Morgan fingerprint density at radius 2 is 2.24 bits per heavy atom. The van der Waals surface area contributed by atoms with Crippen molar-refractivity contribution in [1.82, 2.24) is 14.8 Å². The molecule has 2 fully saturated rings. The summed E-state index contributed by atoms with van der Waals surface area (Å²) in [6.45, 7) is 3.49. The van der Waals surface area contributed by atoms with Crippen molar-refractivity contribution in [2.75, 3.05) is 27.2 Å². The normalized spacial score (nSPS) is 25.6. The number of pyridine rings is 1. The summed E-state index contributed by atoms with van der Waals surface area (Å²) in [5.41, 5.74) is 0.599. The Labute approximate surface area is 149 Å². The average Bonchev–Trinajstić information content (AvgIpc) is 3.05. The van der Waals surface area contributed by atoms with Gasteiger partial charge >= 0.3 is 0 Å². The fourth-order valence-corrected chi connectivity index (χ4v) is 4.62. The highest BCUT2D eigenvalue weighted by atomic mass is 16.5. The van der Waals surface area contributed by atoms with Gasteiger partial charge in [0.15, 0.2) is 0 Å². The van der Waals surface area contributed by atoms with Gasteiger partial charge in [0.05, 0.1) is 12.7 Å². The zero-order valence-corrected chi connectivity index (χ0v) is 15.3. The molecule has 0 radical (unpaired) electrons. The summed E-state index contributed by atoms with van der Waals surface area (Å²) < 4.78 is 5.05. The first-order valence-electron chi connectivity index (χ1n) is 9.06. The predicted octanol–water partition coefficient (Wildman–Crippen LogP) is 2.34. The fourth-order valence-electron chi connectivity index (χ4n) is 4.62. The molecule has 6 nitrogen and oxygen atoms in total. The fraction of sp³-hybridized carbons (Fsp3) is 0.632. The second-order valence-electron chi connectivity index (χ2n) is 7.20. The van der Waals surface area contributed by atoms with Crippen molar-refractivity contribution in [2.45, 2.75) is 45.1 Å². The van der Waals surface area contributed by atoms with Crippen LogP contribution in [0, 0.1) is 5.41 Å². The van der Waals surface area contributed by atoms with Crippen LogP contribution < -0.4 is 4.74 Å². The minimum atomic E-state index is -0.0323. The van der Waals surface area contributed by atoms with Crippen LogP contribution in [0.2, 0.25) is 0 Å². The Hall–Kier alpha value is -2.11. The third-order valence-corrected chi connectivity index (χ3v) is 5.82. The Morgan fingerprint density at radius 3 is 2.88 bits per heavy atom. The second-order valence-corrected chi connectivity index (χ2v) is 7.20. The Morgan fingerprint density at radius 1 is 1.44 bits per heavy atom. The lowest BCUT2D eigenvalue weighted by Crippen LogP contribution is -2.56.